The zero-order valence-corrected chi connectivity index (χ0v) is 32.6. The van der Waals surface area contributed by atoms with Gasteiger partial charge in [0.1, 0.15) is 5.58 Å². The molecule has 0 aliphatic rings. The van der Waals surface area contributed by atoms with Crippen LogP contribution in [0.2, 0.25) is 17.3 Å². The van der Waals surface area contributed by atoms with Gasteiger partial charge in [0.2, 0.25) is 0 Å². The van der Waals surface area contributed by atoms with Crippen molar-refractivity contribution in [2.24, 2.45) is 0 Å². The van der Waals surface area contributed by atoms with E-state index in [2.05, 4.69) is 129 Å². The Labute approximate surface area is 295 Å². The van der Waals surface area contributed by atoms with Crippen molar-refractivity contribution < 1.29 is 24.5 Å². The summed E-state index contributed by atoms with van der Waals surface area (Å²) in [4.78, 5) is 9.29. The van der Waals surface area contributed by atoms with Crippen molar-refractivity contribution in [2.75, 3.05) is 0 Å². The maximum atomic E-state index is 6.36. The van der Waals surface area contributed by atoms with Gasteiger partial charge in [0.05, 0.1) is 5.58 Å². The molecule has 0 spiro atoms. The molecule has 0 saturated carbocycles. The van der Waals surface area contributed by atoms with Crippen LogP contribution < -0.4 is 4.40 Å². The number of rotatable bonds is 5. The number of hydrogen-bond acceptors (Lipinski definition) is 3. The summed E-state index contributed by atoms with van der Waals surface area (Å²) in [5.41, 5.74) is 11.9. The molecule has 0 bridgehead atoms. The minimum Gasteiger partial charge on any atom is -0.501 e. The average Bonchev–Trinajstić information content (AvgIpc) is 3.45. The molecule has 0 atom stereocenters. The molecule has 7 aromatic rings. The zero-order valence-electron chi connectivity index (χ0n) is 28.1. The first kappa shape index (κ1) is 34.5. The van der Waals surface area contributed by atoms with E-state index in [1.54, 1.807) is 0 Å². The predicted molar refractivity (Wildman–Crippen MR) is 196 cm³/mol. The van der Waals surface area contributed by atoms with Crippen LogP contribution in [0.15, 0.2) is 114 Å². The Bertz CT molecular complexity index is 2130. The summed E-state index contributed by atoms with van der Waals surface area (Å²) < 4.78 is 7.85. The number of hydrogen-bond donors (Lipinski definition) is 0. The van der Waals surface area contributed by atoms with Gasteiger partial charge >= 0.3 is 106 Å². The Hall–Kier alpha value is -3.83. The van der Waals surface area contributed by atoms with Gasteiger partial charge in [-0.25, -0.2) is 0 Å². The van der Waals surface area contributed by atoms with Crippen LogP contribution in [0.25, 0.3) is 55.6 Å². The standard InChI is InChI=1S/C27H22NO.C15H18GeN.Ir/c1-17(2)23-15-24(28-16-18(23)3)21-12-7-13-22-26-20(19-9-5-4-6-10-19)11-8-14-25(26)29-27(21)22;1-12-10-15(13-8-6-5-7-9-13)17-11-14(12)16(2,3)4;/h4-11,13-17H,1-3H3;5-8,10-11H,1-4H3;/q2*-1;. The minimum absolute atomic E-state index is 0. The van der Waals surface area contributed by atoms with Gasteiger partial charge in [-0.05, 0) is 46.9 Å². The third kappa shape index (κ3) is 7.36. The quantitative estimate of drug-likeness (QED) is 0.128. The second-order valence-electron chi connectivity index (χ2n) is 13.2. The van der Waals surface area contributed by atoms with E-state index in [1.807, 2.05) is 42.6 Å². The van der Waals surface area contributed by atoms with Gasteiger partial charge in [0.25, 0.3) is 0 Å². The summed E-state index contributed by atoms with van der Waals surface area (Å²) in [6.07, 6.45) is 4.03. The molecular formula is C42H40GeIrN2O-2. The summed E-state index contributed by atoms with van der Waals surface area (Å²) in [6.45, 7) is 8.73. The van der Waals surface area contributed by atoms with E-state index >= 15 is 0 Å². The molecule has 7 rings (SSSR count). The van der Waals surface area contributed by atoms with Crippen molar-refractivity contribution in [3.63, 3.8) is 0 Å². The van der Waals surface area contributed by atoms with Gasteiger partial charge in [0, 0.05) is 31.7 Å². The molecule has 47 heavy (non-hydrogen) atoms. The summed E-state index contributed by atoms with van der Waals surface area (Å²) in [5, 5.41) is 2.24. The first-order chi connectivity index (χ1) is 22.1. The number of furan rings is 1. The van der Waals surface area contributed by atoms with Crippen molar-refractivity contribution in [3.8, 4) is 33.6 Å². The van der Waals surface area contributed by atoms with E-state index in [9.17, 15) is 0 Å². The third-order valence-electron chi connectivity index (χ3n) is 8.47. The largest absolute Gasteiger partial charge is 0.501 e. The second-order valence-corrected chi connectivity index (χ2v) is 23.8. The Morgan fingerprint density at radius 2 is 1.47 bits per heavy atom. The van der Waals surface area contributed by atoms with Crippen LogP contribution in [0.3, 0.4) is 0 Å². The van der Waals surface area contributed by atoms with Crippen LogP contribution in [0, 0.1) is 26.0 Å². The monoisotopic (exact) mass is 855 g/mol. The molecule has 5 heteroatoms. The fraction of sp³-hybridized carbons (Fsp3) is 0.190. The van der Waals surface area contributed by atoms with Crippen LogP contribution >= 0.6 is 0 Å². The first-order valence-corrected chi connectivity index (χ1v) is 23.3. The van der Waals surface area contributed by atoms with Gasteiger partial charge in [-0.15, -0.1) is 18.2 Å². The van der Waals surface area contributed by atoms with Crippen LogP contribution in [0.5, 0.6) is 0 Å². The molecule has 3 aromatic heterocycles. The Morgan fingerprint density at radius 1 is 0.723 bits per heavy atom. The van der Waals surface area contributed by atoms with Crippen LogP contribution in [-0.2, 0) is 20.1 Å². The van der Waals surface area contributed by atoms with Gasteiger partial charge in [-0.3, -0.25) is 0 Å². The van der Waals surface area contributed by atoms with Crippen LogP contribution in [0.4, 0.5) is 0 Å². The normalized spacial score (nSPS) is 11.3. The van der Waals surface area contributed by atoms with Crippen molar-refractivity contribution in [3.05, 3.63) is 138 Å². The van der Waals surface area contributed by atoms with Crippen molar-refractivity contribution in [1.82, 2.24) is 9.97 Å². The van der Waals surface area contributed by atoms with Crippen molar-refractivity contribution >= 4 is 39.6 Å². The van der Waals surface area contributed by atoms with E-state index < -0.39 is 13.3 Å². The maximum Gasteiger partial charge on any atom is 0.121 e. The van der Waals surface area contributed by atoms with E-state index in [0.29, 0.717) is 5.92 Å². The number of aryl methyl sites for hydroxylation is 2. The molecule has 0 aliphatic heterocycles. The zero-order chi connectivity index (χ0) is 32.4. The number of nitrogens with zero attached hydrogens (tertiary/aromatic N) is 2. The first-order valence-electron chi connectivity index (χ1n) is 15.9. The molecule has 0 aliphatic carbocycles. The molecule has 3 nitrogen and oxygen atoms in total. The number of benzene rings is 4. The van der Waals surface area contributed by atoms with Gasteiger partial charge in [-0.2, -0.15) is 0 Å². The Kier molecular flexibility index (Phi) is 10.7. The topological polar surface area (TPSA) is 38.9 Å². The van der Waals surface area contributed by atoms with Gasteiger partial charge in [0.15, 0.2) is 0 Å². The molecule has 1 radical (unpaired) electrons. The third-order valence-corrected chi connectivity index (χ3v) is 13.0. The number of aromatic nitrogens is 2. The van der Waals surface area contributed by atoms with Crippen LogP contribution in [-0.4, -0.2) is 23.2 Å². The van der Waals surface area contributed by atoms with Gasteiger partial charge < -0.3 is 9.40 Å². The van der Waals surface area contributed by atoms with Crippen molar-refractivity contribution in [2.45, 2.75) is 50.9 Å². The van der Waals surface area contributed by atoms with E-state index in [-0.39, 0.29) is 20.1 Å². The summed E-state index contributed by atoms with van der Waals surface area (Å²) in [7, 11) is 0. The molecule has 0 saturated heterocycles. The summed E-state index contributed by atoms with van der Waals surface area (Å²) in [5.74, 6) is 7.64. The van der Waals surface area contributed by atoms with Crippen LogP contribution in [0.1, 0.15) is 36.5 Å². The molecule has 0 fully saturated rings. The van der Waals surface area contributed by atoms with E-state index in [1.165, 1.54) is 32.2 Å². The fourth-order valence-corrected chi connectivity index (χ4v) is 9.76. The summed E-state index contributed by atoms with van der Waals surface area (Å²) in [6, 6.07) is 39.7. The molecule has 0 N–H and O–H groups in total. The Morgan fingerprint density at radius 3 is 2.15 bits per heavy atom. The fourth-order valence-electron chi connectivity index (χ4n) is 6.18. The van der Waals surface area contributed by atoms with Crippen molar-refractivity contribution in [1.29, 1.82) is 0 Å². The number of fused-ring (bicyclic) bond motifs is 3. The molecule has 239 valence electrons. The number of pyridine rings is 2. The van der Waals surface area contributed by atoms with E-state index in [0.717, 1.165) is 44.5 Å². The second kappa shape index (κ2) is 14.5. The molecule has 4 aromatic carbocycles. The SMILES string of the molecule is Cc1cc(-c2[c-]cccc2)nc[c]1[Ge]([CH3])([CH3])[CH3].Cc1cnc(-c2[c-]ccc3c2oc2cccc(-c4ccccc4)c23)cc1C(C)C.[Ir]. The molecule has 0 unspecified atom stereocenters. The maximum absolute atomic E-state index is 6.36. The molecular weight excluding hydrogens is 813 g/mol. The smallest absolute Gasteiger partial charge is 0.121 e. The van der Waals surface area contributed by atoms with Gasteiger partial charge in [-0.1, -0.05) is 73.3 Å². The molecule has 3 heterocycles. The summed E-state index contributed by atoms with van der Waals surface area (Å²) >= 11 is -1.77. The Balaban J connectivity index is 0.000000207. The molecule has 0 amide bonds. The van der Waals surface area contributed by atoms with E-state index in [4.69, 9.17) is 9.40 Å². The minimum atomic E-state index is -1.77. The predicted octanol–water partition coefficient (Wildman–Crippen LogP) is 10.9. The average molecular weight is 854 g/mol.